The molecule has 0 atom stereocenters. The number of ether oxygens (including phenoxy) is 1. The Bertz CT molecular complexity index is 921. The molecule has 2 aliphatic rings. The van der Waals surface area contributed by atoms with E-state index in [1.807, 2.05) is 6.07 Å². The summed E-state index contributed by atoms with van der Waals surface area (Å²) in [4.78, 5) is 36.0. The van der Waals surface area contributed by atoms with Gasteiger partial charge in [0.05, 0.1) is 18.8 Å². The van der Waals surface area contributed by atoms with Crippen molar-refractivity contribution in [2.75, 3.05) is 57.4 Å². The van der Waals surface area contributed by atoms with E-state index in [2.05, 4.69) is 9.88 Å². The lowest BCUT2D eigenvalue weighted by molar-refractivity contribution is 0.0535. The SMILES string of the molecule is O=C(c1cc(Cl)cc(Cl)c1)N1CCN(C(=O)c2cccnc2N2CCOCC2)CC1. The Morgan fingerprint density at radius 2 is 1.47 bits per heavy atom. The average molecular weight is 449 g/mol. The van der Waals surface area contributed by atoms with Gasteiger partial charge in [0.25, 0.3) is 11.8 Å². The molecule has 2 aromatic rings. The Labute approximate surface area is 185 Å². The average Bonchev–Trinajstić information content (AvgIpc) is 2.78. The Morgan fingerprint density at radius 1 is 0.867 bits per heavy atom. The van der Waals surface area contributed by atoms with Crippen molar-refractivity contribution in [1.29, 1.82) is 0 Å². The lowest BCUT2D eigenvalue weighted by Gasteiger charge is -2.36. The fourth-order valence-corrected chi connectivity index (χ4v) is 4.26. The lowest BCUT2D eigenvalue weighted by Crippen LogP contribution is -2.51. The molecule has 0 aliphatic carbocycles. The van der Waals surface area contributed by atoms with Crippen LogP contribution in [0.3, 0.4) is 0 Å². The van der Waals surface area contributed by atoms with Crippen LogP contribution in [0.15, 0.2) is 36.5 Å². The highest BCUT2D eigenvalue weighted by Gasteiger charge is 2.28. The predicted molar refractivity (Wildman–Crippen MR) is 116 cm³/mol. The third kappa shape index (κ3) is 4.53. The first-order chi connectivity index (χ1) is 14.5. The normalized spacial score (nSPS) is 17.2. The highest BCUT2D eigenvalue weighted by Crippen LogP contribution is 2.23. The molecule has 7 nitrogen and oxygen atoms in total. The Balaban J connectivity index is 1.43. The molecule has 0 spiro atoms. The zero-order valence-electron chi connectivity index (χ0n) is 16.4. The van der Waals surface area contributed by atoms with E-state index in [9.17, 15) is 9.59 Å². The molecule has 4 rings (SSSR count). The fourth-order valence-electron chi connectivity index (χ4n) is 3.73. The molecule has 9 heteroatoms. The van der Waals surface area contributed by atoms with Crippen LogP contribution in [0.4, 0.5) is 5.82 Å². The summed E-state index contributed by atoms with van der Waals surface area (Å²) in [6, 6.07) is 8.40. The molecule has 30 heavy (non-hydrogen) atoms. The van der Waals surface area contributed by atoms with Gasteiger partial charge in [0.1, 0.15) is 5.82 Å². The van der Waals surface area contributed by atoms with Crippen LogP contribution >= 0.6 is 23.2 Å². The third-order valence-electron chi connectivity index (χ3n) is 5.29. The summed E-state index contributed by atoms with van der Waals surface area (Å²) in [6.45, 7) is 4.47. The number of carbonyl (C=O) groups is 2. The van der Waals surface area contributed by atoms with Gasteiger partial charge < -0.3 is 19.4 Å². The molecule has 2 aliphatic heterocycles. The van der Waals surface area contributed by atoms with Gasteiger partial charge in [0, 0.05) is 61.1 Å². The number of hydrogen-bond acceptors (Lipinski definition) is 5. The van der Waals surface area contributed by atoms with Crippen LogP contribution in [0.2, 0.25) is 10.0 Å². The molecule has 2 saturated heterocycles. The van der Waals surface area contributed by atoms with Crippen LogP contribution < -0.4 is 4.90 Å². The molecule has 1 aromatic carbocycles. The largest absolute Gasteiger partial charge is 0.378 e. The second-order valence-corrected chi connectivity index (χ2v) is 8.09. The molecule has 0 N–H and O–H groups in total. The number of amides is 2. The standard InChI is InChI=1S/C21H22Cl2N4O3/c22-16-12-15(13-17(23)14-16)20(28)26-4-6-27(7-5-26)21(29)18-2-1-3-24-19(18)25-8-10-30-11-9-25/h1-3,12-14H,4-11H2. The van der Waals surface area contributed by atoms with E-state index in [4.69, 9.17) is 27.9 Å². The number of aromatic nitrogens is 1. The molecular formula is C21H22Cl2N4O3. The fraction of sp³-hybridized carbons (Fsp3) is 0.381. The first-order valence-corrected chi connectivity index (χ1v) is 10.6. The van der Waals surface area contributed by atoms with Crippen molar-refractivity contribution >= 4 is 40.8 Å². The number of anilines is 1. The van der Waals surface area contributed by atoms with Gasteiger partial charge in [-0.15, -0.1) is 0 Å². The first kappa shape index (κ1) is 20.9. The van der Waals surface area contributed by atoms with Gasteiger partial charge in [-0.1, -0.05) is 23.2 Å². The van der Waals surface area contributed by atoms with Gasteiger partial charge in [-0.25, -0.2) is 4.98 Å². The van der Waals surface area contributed by atoms with E-state index >= 15 is 0 Å². The molecule has 0 radical (unpaired) electrons. The zero-order chi connectivity index (χ0) is 21.1. The van der Waals surface area contributed by atoms with E-state index < -0.39 is 0 Å². The maximum absolute atomic E-state index is 13.2. The minimum atomic E-state index is -0.137. The summed E-state index contributed by atoms with van der Waals surface area (Å²) in [6.07, 6.45) is 1.70. The number of rotatable bonds is 3. The molecule has 3 heterocycles. The second-order valence-electron chi connectivity index (χ2n) is 7.22. The van der Waals surface area contributed by atoms with Gasteiger partial charge in [0.15, 0.2) is 0 Å². The van der Waals surface area contributed by atoms with E-state index in [1.165, 1.54) is 0 Å². The minimum absolute atomic E-state index is 0.0671. The van der Waals surface area contributed by atoms with Gasteiger partial charge >= 0.3 is 0 Å². The Morgan fingerprint density at radius 3 is 2.10 bits per heavy atom. The predicted octanol–water partition coefficient (Wildman–Crippen LogP) is 2.82. The molecular weight excluding hydrogens is 427 g/mol. The summed E-state index contributed by atoms with van der Waals surface area (Å²) in [5.41, 5.74) is 1.04. The molecule has 0 bridgehead atoms. The van der Waals surface area contributed by atoms with Gasteiger partial charge in [-0.3, -0.25) is 9.59 Å². The molecule has 1 aromatic heterocycles. The summed E-state index contributed by atoms with van der Waals surface area (Å²) >= 11 is 12.0. The van der Waals surface area contributed by atoms with Gasteiger partial charge in [0.2, 0.25) is 0 Å². The topological polar surface area (TPSA) is 66.0 Å². The number of carbonyl (C=O) groups excluding carboxylic acids is 2. The van der Waals surface area contributed by atoms with Crippen LogP contribution in [0.5, 0.6) is 0 Å². The van der Waals surface area contributed by atoms with Crippen molar-refractivity contribution in [3.8, 4) is 0 Å². The van der Waals surface area contributed by atoms with E-state index in [-0.39, 0.29) is 11.8 Å². The summed E-state index contributed by atoms with van der Waals surface area (Å²) < 4.78 is 5.40. The van der Waals surface area contributed by atoms with Crippen LogP contribution in [0.1, 0.15) is 20.7 Å². The number of piperazine rings is 1. The van der Waals surface area contributed by atoms with Crippen molar-refractivity contribution in [1.82, 2.24) is 14.8 Å². The Kier molecular flexibility index (Phi) is 6.41. The quantitative estimate of drug-likeness (QED) is 0.721. The number of benzene rings is 1. The van der Waals surface area contributed by atoms with E-state index in [0.29, 0.717) is 79.5 Å². The monoisotopic (exact) mass is 448 g/mol. The van der Waals surface area contributed by atoms with Gasteiger partial charge in [-0.05, 0) is 30.3 Å². The van der Waals surface area contributed by atoms with Crippen LogP contribution in [0.25, 0.3) is 0 Å². The van der Waals surface area contributed by atoms with Crippen LogP contribution in [-0.4, -0.2) is 79.1 Å². The molecule has 2 fully saturated rings. The van der Waals surface area contributed by atoms with Crippen LogP contribution in [-0.2, 0) is 4.74 Å². The maximum atomic E-state index is 13.2. The smallest absolute Gasteiger partial charge is 0.257 e. The van der Waals surface area contributed by atoms with Crippen molar-refractivity contribution in [2.45, 2.75) is 0 Å². The number of morpholine rings is 1. The molecule has 0 unspecified atom stereocenters. The van der Waals surface area contributed by atoms with Crippen LogP contribution in [0, 0.1) is 0 Å². The highest BCUT2D eigenvalue weighted by atomic mass is 35.5. The summed E-state index contributed by atoms with van der Waals surface area (Å²) in [5, 5.41) is 0.846. The van der Waals surface area contributed by atoms with Crippen molar-refractivity contribution in [3.63, 3.8) is 0 Å². The summed E-state index contributed by atoms with van der Waals surface area (Å²) in [7, 11) is 0. The molecule has 2 amide bonds. The number of pyridine rings is 1. The first-order valence-electron chi connectivity index (χ1n) is 9.85. The van der Waals surface area contributed by atoms with Crippen molar-refractivity contribution in [2.24, 2.45) is 0 Å². The zero-order valence-corrected chi connectivity index (χ0v) is 17.9. The van der Waals surface area contributed by atoms with E-state index in [1.54, 1.807) is 40.3 Å². The van der Waals surface area contributed by atoms with E-state index in [0.717, 1.165) is 0 Å². The number of hydrogen-bond donors (Lipinski definition) is 0. The maximum Gasteiger partial charge on any atom is 0.257 e. The molecule has 158 valence electrons. The third-order valence-corrected chi connectivity index (χ3v) is 5.73. The number of nitrogens with zero attached hydrogens (tertiary/aromatic N) is 4. The van der Waals surface area contributed by atoms with Crippen molar-refractivity contribution < 1.29 is 14.3 Å². The van der Waals surface area contributed by atoms with Crippen molar-refractivity contribution in [3.05, 3.63) is 57.7 Å². The minimum Gasteiger partial charge on any atom is -0.378 e. The van der Waals surface area contributed by atoms with Gasteiger partial charge in [-0.2, -0.15) is 0 Å². The Hall–Kier alpha value is -2.35. The highest BCUT2D eigenvalue weighted by molar-refractivity contribution is 6.35. The summed E-state index contributed by atoms with van der Waals surface area (Å²) in [5.74, 6) is 0.488. The lowest BCUT2D eigenvalue weighted by atomic mass is 10.1. The second kappa shape index (κ2) is 9.20. The molecule has 0 saturated carbocycles. The number of halogens is 2.